The number of hydrogen-bond acceptors (Lipinski definition) is 3. The Morgan fingerprint density at radius 1 is 1.18 bits per heavy atom. The van der Waals surface area contributed by atoms with Crippen molar-refractivity contribution in [1.82, 2.24) is 10.2 Å². The molecule has 2 heterocycles. The number of halogens is 1. The lowest BCUT2D eigenvalue weighted by molar-refractivity contribution is 0.181. The van der Waals surface area contributed by atoms with E-state index < -0.39 is 0 Å². The Balaban J connectivity index is 1.51. The molecular formula is C22H20ClN3O2. The normalized spacial score (nSPS) is 17.6. The summed E-state index contributed by atoms with van der Waals surface area (Å²) in [5.74, 6) is 0. The van der Waals surface area contributed by atoms with Crippen molar-refractivity contribution in [3.63, 3.8) is 0 Å². The number of anilines is 1. The average molecular weight is 394 g/mol. The maximum absolute atomic E-state index is 11.8. The largest absolute Gasteiger partial charge is 0.447 e. The number of amides is 1. The quantitative estimate of drug-likeness (QED) is 0.672. The lowest BCUT2D eigenvalue weighted by Crippen LogP contribution is -2.23. The zero-order valence-corrected chi connectivity index (χ0v) is 16.3. The molecule has 1 aromatic heterocycles. The second-order valence-corrected chi connectivity index (χ2v) is 7.86. The van der Waals surface area contributed by atoms with Gasteiger partial charge in [0.1, 0.15) is 6.61 Å². The molecule has 0 unspecified atom stereocenters. The van der Waals surface area contributed by atoms with Crippen molar-refractivity contribution >= 4 is 23.4 Å². The molecular weight excluding hydrogens is 374 g/mol. The van der Waals surface area contributed by atoms with Crippen LogP contribution in [0.2, 0.25) is 5.02 Å². The highest BCUT2D eigenvalue weighted by Crippen LogP contribution is 2.54. The highest BCUT2D eigenvalue weighted by Gasteiger charge is 2.48. The van der Waals surface area contributed by atoms with E-state index >= 15 is 0 Å². The number of benzene rings is 2. The molecule has 1 N–H and O–H groups in total. The Morgan fingerprint density at radius 2 is 1.96 bits per heavy atom. The summed E-state index contributed by atoms with van der Waals surface area (Å²) in [4.78, 5) is 13.4. The number of carbonyl (C=O) groups excluding carboxylic acids is 1. The Hall–Kier alpha value is -2.79. The zero-order valence-electron chi connectivity index (χ0n) is 15.5. The van der Waals surface area contributed by atoms with Gasteiger partial charge in [-0.3, -0.25) is 10.00 Å². The number of cyclic esters (lactones) is 1. The Labute approximate surface area is 168 Å². The summed E-state index contributed by atoms with van der Waals surface area (Å²) in [7, 11) is 0. The van der Waals surface area contributed by atoms with E-state index in [4.69, 9.17) is 16.3 Å². The molecule has 0 spiro atoms. The smallest absolute Gasteiger partial charge is 0.414 e. The third kappa shape index (κ3) is 2.61. The predicted molar refractivity (Wildman–Crippen MR) is 109 cm³/mol. The molecule has 6 heteroatoms. The summed E-state index contributed by atoms with van der Waals surface area (Å²) in [6, 6.07) is 16.2. The van der Waals surface area contributed by atoms with Crippen molar-refractivity contribution in [1.29, 1.82) is 0 Å². The van der Waals surface area contributed by atoms with Gasteiger partial charge in [-0.1, -0.05) is 41.9 Å². The third-order valence-corrected chi connectivity index (χ3v) is 6.16. The first kappa shape index (κ1) is 17.3. The second kappa shape index (κ2) is 6.38. The van der Waals surface area contributed by atoms with Crippen LogP contribution in [0.3, 0.4) is 0 Å². The van der Waals surface area contributed by atoms with Gasteiger partial charge in [-0.15, -0.1) is 0 Å². The molecule has 2 aliphatic rings. The van der Waals surface area contributed by atoms with Crippen molar-refractivity contribution in [3.8, 4) is 11.3 Å². The summed E-state index contributed by atoms with van der Waals surface area (Å²) < 4.78 is 5.01. The SMILES string of the molecule is Cc1c(-c2ccc(N3CCOC3=O)cc2Cl)n[nH]c1C1(c2ccccc2)CC1. The van der Waals surface area contributed by atoms with Gasteiger partial charge in [0.05, 0.1) is 17.3 Å². The van der Waals surface area contributed by atoms with Crippen LogP contribution in [0.1, 0.15) is 29.7 Å². The molecule has 142 valence electrons. The molecule has 2 aromatic carbocycles. The summed E-state index contributed by atoms with van der Waals surface area (Å²) in [6.07, 6.45) is 1.90. The van der Waals surface area contributed by atoms with Crippen LogP contribution in [0.4, 0.5) is 10.5 Å². The van der Waals surface area contributed by atoms with Gasteiger partial charge in [-0.25, -0.2) is 4.79 Å². The summed E-state index contributed by atoms with van der Waals surface area (Å²) in [6.45, 7) is 3.04. The fourth-order valence-electron chi connectivity index (χ4n) is 4.18. The van der Waals surface area contributed by atoms with E-state index in [1.165, 1.54) is 5.56 Å². The van der Waals surface area contributed by atoms with Gasteiger partial charge in [-0.2, -0.15) is 5.10 Å². The zero-order chi connectivity index (χ0) is 19.3. The van der Waals surface area contributed by atoms with Crippen LogP contribution < -0.4 is 4.90 Å². The Kier molecular flexibility index (Phi) is 3.95. The van der Waals surface area contributed by atoms with E-state index in [0.717, 1.165) is 41.0 Å². The predicted octanol–water partition coefficient (Wildman–Crippen LogP) is 5.08. The Morgan fingerprint density at radius 3 is 2.61 bits per heavy atom. The highest BCUT2D eigenvalue weighted by atomic mass is 35.5. The summed E-state index contributed by atoms with van der Waals surface area (Å²) in [5.41, 5.74) is 6.10. The van der Waals surface area contributed by atoms with Gasteiger partial charge in [0, 0.05) is 22.4 Å². The lowest BCUT2D eigenvalue weighted by Gasteiger charge is -2.16. The first-order chi connectivity index (χ1) is 13.6. The highest BCUT2D eigenvalue weighted by molar-refractivity contribution is 6.33. The minimum absolute atomic E-state index is 0.0301. The first-order valence-corrected chi connectivity index (χ1v) is 9.83. The minimum atomic E-state index is -0.333. The van der Waals surface area contributed by atoms with Gasteiger partial charge < -0.3 is 4.74 Å². The number of ether oxygens (including phenoxy) is 1. The minimum Gasteiger partial charge on any atom is -0.447 e. The van der Waals surface area contributed by atoms with Gasteiger partial charge >= 0.3 is 6.09 Å². The monoisotopic (exact) mass is 393 g/mol. The Bertz CT molecular complexity index is 1060. The summed E-state index contributed by atoms with van der Waals surface area (Å²) >= 11 is 6.59. The van der Waals surface area contributed by atoms with Crippen molar-refractivity contribution in [2.45, 2.75) is 25.2 Å². The van der Waals surface area contributed by atoms with Crippen LogP contribution >= 0.6 is 11.6 Å². The summed E-state index contributed by atoms with van der Waals surface area (Å²) in [5, 5.41) is 8.46. The maximum atomic E-state index is 11.8. The molecule has 0 atom stereocenters. The molecule has 1 aliphatic heterocycles. The number of rotatable bonds is 4. The van der Waals surface area contributed by atoms with Crippen LogP contribution in [-0.4, -0.2) is 29.4 Å². The topological polar surface area (TPSA) is 58.2 Å². The van der Waals surface area contributed by atoms with Gasteiger partial charge in [0.2, 0.25) is 0 Å². The molecule has 1 aliphatic carbocycles. The van der Waals surface area contributed by atoms with Crippen molar-refractivity contribution in [3.05, 3.63) is 70.4 Å². The van der Waals surface area contributed by atoms with Crippen LogP contribution in [0.15, 0.2) is 48.5 Å². The number of aromatic amines is 1. The molecule has 5 rings (SSSR count). The van der Waals surface area contributed by atoms with Gasteiger partial charge in [0.25, 0.3) is 0 Å². The maximum Gasteiger partial charge on any atom is 0.414 e. The molecule has 1 saturated carbocycles. The van der Waals surface area contributed by atoms with Crippen molar-refractivity contribution < 1.29 is 9.53 Å². The fraction of sp³-hybridized carbons (Fsp3) is 0.273. The van der Waals surface area contributed by atoms with E-state index in [1.807, 2.05) is 18.2 Å². The molecule has 1 amide bonds. The standard InChI is InChI=1S/C22H20ClN3O2/c1-14-19(17-8-7-16(13-18(17)23)26-11-12-28-21(26)27)24-25-20(14)22(9-10-22)15-5-3-2-4-6-15/h2-8,13H,9-12H2,1H3,(H,24,25). The number of hydrogen-bond donors (Lipinski definition) is 1. The van der Waals surface area contributed by atoms with E-state index in [2.05, 4.69) is 41.4 Å². The van der Waals surface area contributed by atoms with Gasteiger partial charge in [0.15, 0.2) is 0 Å². The number of H-pyrrole nitrogens is 1. The molecule has 0 bridgehead atoms. The van der Waals surface area contributed by atoms with E-state index in [1.54, 1.807) is 11.0 Å². The van der Waals surface area contributed by atoms with E-state index in [0.29, 0.717) is 18.2 Å². The van der Waals surface area contributed by atoms with Gasteiger partial charge in [-0.05, 0) is 49.1 Å². The van der Waals surface area contributed by atoms with Crippen molar-refractivity contribution in [2.75, 3.05) is 18.1 Å². The second-order valence-electron chi connectivity index (χ2n) is 7.45. The van der Waals surface area contributed by atoms with Crippen LogP contribution in [-0.2, 0) is 10.2 Å². The molecule has 5 nitrogen and oxygen atoms in total. The molecule has 3 aromatic rings. The first-order valence-electron chi connectivity index (χ1n) is 9.45. The third-order valence-electron chi connectivity index (χ3n) is 5.84. The number of nitrogens with one attached hydrogen (secondary N) is 1. The number of aromatic nitrogens is 2. The average Bonchev–Trinajstić information content (AvgIpc) is 3.26. The van der Waals surface area contributed by atoms with E-state index in [-0.39, 0.29) is 11.5 Å². The van der Waals surface area contributed by atoms with Crippen LogP contribution in [0.5, 0.6) is 0 Å². The molecule has 28 heavy (non-hydrogen) atoms. The van der Waals surface area contributed by atoms with E-state index in [9.17, 15) is 4.79 Å². The lowest BCUT2D eigenvalue weighted by atomic mass is 9.89. The molecule has 1 saturated heterocycles. The van der Waals surface area contributed by atoms with Crippen LogP contribution in [0, 0.1) is 6.92 Å². The van der Waals surface area contributed by atoms with Crippen molar-refractivity contribution in [2.24, 2.45) is 0 Å². The number of nitrogens with zero attached hydrogens (tertiary/aromatic N) is 2. The number of carbonyl (C=O) groups is 1. The molecule has 0 radical (unpaired) electrons. The fourth-order valence-corrected chi connectivity index (χ4v) is 4.45. The van der Waals surface area contributed by atoms with Crippen LogP contribution in [0.25, 0.3) is 11.3 Å². The molecule has 2 fully saturated rings.